The highest BCUT2D eigenvalue weighted by molar-refractivity contribution is 7.98. The third kappa shape index (κ3) is 10.2. The summed E-state index contributed by atoms with van der Waals surface area (Å²) in [7, 11) is 2.93. The van der Waals surface area contributed by atoms with Gasteiger partial charge in [-0.1, -0.05) is 24.3 Å². The average Bonchev–Trinajstić information content (AvgIpc) is 3.00. The van der Waals surface area contributed by atoms with Gasteiger partial charge in [0.15, 0.2) is 11.5 Å². The molecule has 3 aromatic rings. The Kier molecular flexibility index (Phi) is 12.6. The Labute approximate surface area is 253 Å². The van der Waals surface area contributed by atoms with E-state index in [4.69, 9.17) is 9.47 Å². The highest BCUT2D eigenvalue weighted by Gasteiger charge is 2.26. The van der Waals surface area contributed by atoms with Gasteiger partial charge < -0.3 is 30.5 Å². The van der Waals surface area contributed by atoms with Crippen LogP contribution in [0.25, 0.3) is 0 Å². The van der Waals surface area contributed by atoms with Crippen LogP contribution in [-0.4, -0.2) is 72.7 Å². The summed E-state index contributed by atoms with van der Waals surface area (Å²) in [5.74, 6) is -1.17. The molecule has 12 nitrogen and oxygen atoms in total. The topological polar surface area (TPSA) is 168 Å². The maximum Gasteiger partial charge on any atom is 0.324 e. The van der Waals surface area contributed by atoms with Crippen LogP contribution in [0.5, 0.6) is 11.5 Å². The number of hydrogen-bond donors (Lipinski definition) is 5. The maximum atomic E-state index is 13.1. The second kappa shape index (κ2) is 16.6. The number of nitrogens with one attached hydrogen (secondary N) is 4. The summed E-state index contributed by atoms with van der Waals surface area (Å²) in [4.78, 5) is 54.2. The fourth-order valence-electron chi connectivity index (χ4n) is 4.10. The minimum absolute atomic E-state index is 0.00680. The number of pyridine rings is 1. The number of carbonyl (C=O) groups excluding carboxylic acids is 3. The van der Waals surface area contributed by atoms with Crippen molar-refractivity contribution >= 4 is 47.1 Å². The first-order chi connectivity index (χ1) is 20.7. The van der Waals surface area contributed by atoms with Crippen LogP contribution >= 0.6 is 11.8 Å². The standard InChI is InChI=1S/C30H35N5O7S/c1-41-24-12-9-20(17-25(24)42-2)22(29(38)39)18-32-28(37)23(13-15-43-3)34-27(36)16-19-7-10-21(11-8-19)33-30(40)35-26-6-4-5-14-31-26/h4-12,14,17,22-23H,13,15-16,18H2,1-3H3,(H,32,37)(H,34,36)(H,38,39)(H2,31,33,35,40)/t22?,23-/m0/s1. The predicted molar refractivity (Wildman–Crippen MR) is 165 cm³/mol. The van der Waals surface area contributed by atoms with Crippen LogP contribution in [0.2, 0.25) is 0 Å². The molecule has 0 bridgehead atoms. The van der Waals surface area contributed by atoms with Crippen molar-refractivity contribution in [3.63, 3.8) is 0 Å². The molecule has 1 heterocycles. The summed E-state index contributed by atoms with van der Waals surface area (Å²) in [6, 6.07) is 15.4. The summed E-state index contributed by atoms with van der Waals surface area (Å²) in [6.07, 6.45) is 3.83. The number of aromatic nitrogens is 1. The molecule has 0 aliphatic rings. The summed E-state index contributed by atoms with van der Waals surface area (Å²) in [5.41, 5.74) is 1.64. The van der Waals surface area contributed by atoms with Crippen LogP contribution in [0.15, 0.2) is 66.9 Å². The lowest BCUT2D eigenvalue weighted by atomic mass is 9.98. The van der Waals surface area contributed by atoms with E-state index in [0.717, 1.165) is 0 Å². The number of ether oxygens (including phenoxy) is 2. The van der Waals surface area contributed by atoms with E-state index in [0.29, 0.717) is 46.3 Å². The highest BCUT2D eigenvalue weighted by Crippen LogP contribution is 2.30. The molecule has 0 aliphatic heterocycles. The molecule has 13 heteroatoms. The van der Waals surface area contributed by atoms with Crippen molar-refractivity contribution in [1.82, 2.24) is 15.6 Å². The van der Waals surface area contributed by atoms with Crippen molar-refractivity contribution < 1.29 is 33.8 Å². The number of carboxylic acids is 1. The molecular formula is C30H35N5O7S. The fourth-order valence-corrected chi connectivity index (χ4v) is 4.57. The molecule has 2 atom stereocenters. The first-order valence-corrected chi connectivity index (χ1v) is 14.7. The van der Waals surface area contributed by atoms with Gasteiger partial charge in [-0.25, -0.2) is 9.78 Å². The van der Waals surface area contributed by atoms with E-state index in [9.17, 15) is 24.3 Å². The molecule has 0 fully saturated rings. The zero-order chi connectivity index (χ0) is 31.2. The molecular weight excluding hydrogens is 574 g/mol. The van der Waals surface area contributed by atoms with Gasteiger partial charge in [0, 0.05) is 18.4 Å². The fraction of sp³-hybridized carbons (Fsp3) is 0.300. The third-order valence-electron chi connectivity index (χ3n) is 6.33. The van der Waals surface area contributed by atoms with E-state index >= 15 is 0 Å². The number of thioether (sulfide) groups is 1. The monoisotopic (exact) mass is 609 g/mol. The van der Waals surface area contributed by atoms with Gasteiger partial charge in [-0.05, 0) is 66.0 Å². The molecule has 0 spiro atoms. The molecule has 43 heavy (non-hydrogen) atoms. The molecule has 0 aliphatic carbocycles. The molecule has 0 saturated carbocycles. The molecule has 2 aromatic carbocycles. The smallest absolute Gasteiger partial charge is 0.324 e. The van der Waals surface area contributed by atoms with E-state index in [1.807, 2.05) is 6.26 Å². The Morgan fingerprint density at radius 1 is 0.953 bits per heavy atom. The quantitative estimate of drug-likeness (QED) is 0.173. The van der Waals surface area contributed by atoms with Crippen LogP contribution in [0.1, 0.15) is 23.5 Å². The van der Waals surface area contributed by atoms with Gasteiger partial charge in [0.1, 0.15) is 11.9 Å². The summed E-state index contributed by atoms with van der Waals surface area (Å²) in [5, 5.41) is 20.6. The van der Waals surface area contributed by atoms with Gasteiger partial charge in [0.2, 0.25) is 11.8 Å². The van der Waals surface area contributed by atoms with Crippen molar-refractivity contribution in [3.05, 3.63) is 78.0 Å². The third-order valence-corrected chi connectivity index (χ3v) is 6.98. The molecule has 1 aromatic heterocycles. The number of hydrogen-bond acceptors (Lipinski definition) is 8. The number of benzene rings is 2. The number of urea groups is 1. The minimum Gasteiger partial charge on any atom is -0.493 e. The number of methoxy groups -OCH3 is 2. The average molecular weight is 610 g/mol. The van der Waals surface area contributed by atoms with E-state index in [1.165, 1.54) is 26.0 Å². The lowest BCUT2D eigenvalue weighted by molar-refractivity contribution is -0.139. The first-order valence-electron chi connectivity index (χ1n) is 13.3. The van der Waals surface area contributed by atoms with E-state index in [2.05, 4.69) is 26.3 Å². The van der Waals surface area contributed by atoms with Gasteiger partial charge in [-0.2, -0.15) is 11.8 Å². The van der Waals surface area contributed by atoms with Gasteiger partial charge in [0.25, 0.3) is 0 Å². The van der Waals surface area contributed by atoms with Crippen LogP contribution in [-0.2, 0) is 20.8 Å². The van der Waals surface area contributed by atoms with Gasteiger partial charge >= 0.3 is 12.0 Å². The lowest BCUT2D eigenvalue weighted by Crippen LogP contribution is -2.48. The Morgan fingerprint density at radius 2 is 1.70 bits per heavy atom. The zero-order valence-corrected chi connectivity index (χ0v) is 24.9. The molecule has 3 rings (SSSR count). The van der Waals surface area contributed by atoms with Gasteiger partial charge in [-0.3, -0.25) is 19.7 Å². The maximum absolute atomic E-state index is 13.1. The van der Waals surface area contributed by atoms with Crippen molar-refractivity contribution in [3.8, 4) is 11.5 Å². The van der Waals surface area contributed by atoms with Crippen LogP contribution in [0.3, 0.4) is 0 Å². The van der Waals surface area contributed by atoms with Crippen LogP contribution in [0, 0.1) is 0 Å². The number of nitrogens with zero attached hydrogens (tertiary/aromatic N) is 1. The Morgan fingerprint density at radius 3 is 2.33 bits per heavy atom. The van der Waals surface area contributed by atoms with Gasteiger partial charge in [0.05, 0.1) is 26.6 Å². The minimum atomic E-state index is -1.12. The summed E-state index contributed by atoms with van der Waals surface area (Å²) >= 11 is 1.52. The Hall–Kier alpha value is -4.78. The molecule has 0 saturated heterocycles. The van der Waals surface area contributed by atoms with Crippen molar-refractivity contribution in [2.24, 2.45) is 0 Å². The summed E-state index contributed by atoms with van der Waals surface area (Å²) in [6.45, 7) is -0.183. The van der Waals surface area contributed by atoms with Crippen molar-refractivity contribution in [2.75, 3.05) is 43.4 Å². The van der Waals surface area contributed by atoms with Crippen LogP contribution in [0.4, 0.5) is 16.3 Å². The molecule has 0 radical (unpaired) electrons. The number of carbonyl (C=O) groups is 4. The lowest BCUT2D eigenvalue weighted by Gasteiger charge is -2.21. The first kappa shape index (κ1) is 32.7. The number of rotatable bonds is 15. The second-order valence-electron chi connectivity index (χ2n) is 9.32. The van der Waals surface area contributed by atoms with Crippen LogP contribution < -0.4 is 30.7 Å². The zero-order valence-electron chi connectivity index (χ0n) is 24.1. The van der Waals surface area contributed by atoms with E-state index in [1.54, 1.807) is 66.9 Å². The molecule has 228 valence electrons. The van der Waals surface area contributed by atoms with Crippen molar-refractivity contribution in [2.45, 2.75) is 24.8 Å². The number of amides is 4. The second-order valence-corrected chi connectivity index (χ2v) is 10.3. The number of carboxylic acid groups (broad SMARTS) is 1. The normalized spacial score (nSPS) is 11.9. The Balaban J connectivity index is 1.57. The number of aliphatic carboxylic acids is 1. The largest absolute Gasteiger partial charge is 0.493 e. The summed E-state index contributed by atoms with van der Waals surface area (Å²) < 4.78 is 10.5. The molecule has 4 amide bonds. The Bertz CT molecular complexity index is 1390. The predicted octanol–water partition coefficient (Wildman–Crippen LogP) is 3.51. The van der Waals surface area contributed by atoms with Gasteiger partial charge in [-0.15, -0.1) is 0 Å². The SMILES string of the molecule is COc1ccc(C(CNC(=O)[C@H](CCSC)NC(=O)Cc2ccc(NC(=O)Nc3ccccn3)cc2)C(=O)O)cc1OC. The number of anilines is 2. The highest BCUT2D eigenvalue weighted by atomic mass is 32.2. The van der Waals surface area contributed by atoms with Crippen molar-refractivity contribution in [1.29, 1.82) is 0 Å². The molecule has 1 unspecified atom stereocenters. The van der Waals surface area contributed by atoms with E-state index < -0.39 is 29.9 Å². The van der Waals surface area contributed by atoms with E-state index in [-0.39, 0.29) is 18.9 Å². The molecule has 5 N–H and O–H groups in total.